The Morgan fingerprint density at radius 2 is 0.900 bits per heavy atom. The van der Waals surface area contributed by atoms with Gasteiger partial charge in [-0.2, -0.15) is 0 Å². The summed E-state index contributed by atoms with van der Waals surface area (Å²) >= 11 is 0. The van der Waals surface area contributed by atoms with E-state index in [2.05, 4.69) is 0 Å². The van der Waals surface area contributed by atoms with Crippen molar-refractivity contribution in [2.45, 2.75) is 25.7 Å². The van der Waals surface area contributed by atoms with Crippen LogP contribution in [0.5, 0.6) is 0 Å². The van der Waals surface area contributed by atoms with Crippen molar-refractivity contribution < 1.29 is 16.9 Å². The minimum atomic E-state index is 0. The number of quaternary nitrogens is 1. The fraction of sp³-hybridized carbons (Fsp3) is 1.00. The van der Waals surface area contributed by atoms with Crippen molar-refractivity contribution in [3.8, 4) is 0 Å². The highest BCUT2D eigenvalue weighted by Gasteiger charge is 2.34. The molecule has 0 aliphatic carbocycles. The Morgan fingerprint density at radius 1 is 0.600 bits per heavy atom. The van der Waals surface area contributed by atoms with Crippen molar-refractivity contribution in [3.05, 3.63) is 0 Å². The van der Waals surface area contributed by atoms with Gasteiger partial charge in [-0.25, -0.2) is 0 Å². The number of hydrogen-bond donors (Lipinski definition) is 0. The van der Waals surface area contributed by atoms with E-state index >= 15 is 0 Å². The van der Waals surface area contributed by atoms with Crippen LogP contribution in [0.2, 0.25) is 0 Å². The fourth-order valence-electron chi connectivity index (χ4n) is 2.46. The predicted octanol–water partition coefficient (Wildman–Crippen LogP) is -1.61. The van der Waals surface area contributed by atoms with Gasteiger partial charge in [0.1, 0.15) is 0 Å². The molecule has 2 fully saturated rings. The molecule has 2 rings (SSSR count). The van der Waals surface area contributed by atoms with Gasteiger partial charge in [-0.3, -0.25) is 0 Å². The molecule has 0 unspecified atom stereocenters. The lowest BCUT2D eigenvalue weighted by molar-refractivity contribution is -0.904. The summed E-state index contributed by atoms with van der Waals surface area (Å²) in [6.45, 7) is 6.00. The molecule has 0 bridgehead atoms. The van der Waals surface area contributed by atoms with Crippen LogP contribution < -0.4 is 12.4 Å². The maximum Gasteiger partial charge on any atom is 0.0788 e. The average Bonchev–Trinajstić information content (AvgIpc) is 2.45. The fourth-order valence-corrected chi connectivity index (χ4v) is 2.46. The van der Waals surface area contributed by atoms with Crippen LogP contribution in [-0.4, -0.2) is 30.7 Å². The van der Waals surface area contributed by atoms with Crippen molar-refractivity contribution in [3.63, 3.8) is 0 Å². The van der Waals surface area contributed by atoms with E-state index in [-0.39, 0.29) is 12.4 Å². The van der Waals surface area contributed by atoms with E-state index in [0.29, 0.717) is 0 Å². The third-order valence-electron chi connectivity index (χ3n) is 3.03. The number of nitrogens with zero attached hydrogens (tertiary/aromatic N) is 1. The monoisotopic (exact) mass is 161 g/mol. The zero-order valence-electron chi connectivity index (χ0n) is 6.48. The van der Waals surface area contributed by atoms with Crippen LogP contribution in [0.15, 0.2) is 0 Å². The third kappa shape index (κ3) is 1.30. The summed E-state index contributed by atoms with van der Waals surface area (Å²) in [5.41, 5.74) is 0. The predicted molar refractivity (Wildman–Crippen MR) is 38.2 cm³/mol. The van der Waals surface area contributed by atoms with Crippen LogP contribution in [0.4, 0.5) is 0 Å². The summed E-state index contributed by atoms with van der Waals surface area (Å²) in [5.74, 6) is 0. The Morgan fingerprint density at radius 3 is 1.20 bits per heavy atom. The summed E-state index contributed by atoms with van der Waals surface area (Å²) in [5, 5.41) is 0. The van der Waals surface area contributed by atoms with Gasteiger partial charge in [0.2, 0.25) is 0 Å². The van der Waals surface area contributed by atoms with E-state index in [1.807, 2.05) is 0 Å². The zero-order chi connectivity index (χ0) is 6.16. The van der Waals surface area contributed by atoms with Crippen LogP contribution in [0.1, 0.15) is 25.7 Å². The molecule has 2 heteroatoms. The Labute approximate surface area is 69.4 Å². The number of hydrogen-bond acceptors (Lipinski definition) is 0. The molecule has 2 heterocycles. The molecule has 0 aromatic carbocycles. The lowest BCUT2D eigenvalue weighted by Crippen LogP contribution is -3.00. The Bertz CT molecular complexity index is 84.3. The van der Waals surface area contributed by atoms with Crippen molar-refractivity contribution in [2.24, 2.45) is 0 Å². The van der Waals surface area contributed by atoms with Gasteiger partial charge in [0.15, 0.2) is 0 Å². The molecular formula is C8H16ClN. The largest absolute Gasteiger partial charge is 1.00 e. The van der Waals surface area contributed by atoms with Gasteiger partial charge in [-0.05, 0) is 0 Å². The molecular weight excluding hydrogens is 146 g/mol. The van der Waals surface area contributed by atoms with E-state index in [4.69, 9.17) is 0 Å². The summed E-state index contributed by atoms with van der Waals surface area (Å²) in [4.78, 5) is 0. The second-order valence-corrected chi connectivity index (χ2v) is 3.65. The van der Waals surface area contributed by atoms with Gasteiger partial charge >= 0.3 is 0 Å². The first-order chi connectivity index (χ1) is 4.41. The smallest absolute Gasteiger partial charge is 0.0788 e. The molecule has 0 N–H and O–H groups in total. The number of rotatable bonds is 0. The minimum absolute atomic E-state index is 0. The highest BCUT2D eigenvalue weighted by molar-refractivity contribution is 4.60. The highest BCUT2D eigenvalue weighted by atomic mass is 35.5. The molecule has 0 atom stereocenters. The van der Waals surface area contributed by atoms with Crippen LogP contribution >= 0.6 is 0 Å². The molecule has 0 amide bonds. The van der Waals surface area contributed by atoms with Gasteiger partial charge in [0.25, 0.3) is 0 Å². The molecule has 10 heavy (non-hydrogen) atoms. The van der Waals surface area contributed by atoms with Crippen LogP contribution in [0.25, 0.3) is 0 Å². The van der Waals surface area contributed by atoms with Crippen LogP contribution in [0.3, 0.4) is 0 Å². The molecule has 0 aromatic rings. The van der Waals surface area contributed by atoms with E-state index in [1.54, 1.807) is 0 Å². The topological polar surface area (TPSA) is 0 Å². The molecule has 1 spiro atoms. The summed E-state index contributed by atoms with van der Waals surface area (Å²) in [6.07, 6.45) is 6.00. The Balaban J connectivity index is 0.000000500. The quantitative estimate of drug-likeness (QED) is 0.376. The Kier molecular flexibility index (Phi) is 2.59. The molecule has 0 radical (unpaired) electrons. The van der Waals surface area contributed by atoms with E-state index in [9.17, 15) is 0 Å². The second-order valence-electron chi connectivity index (χ2n) is 3.65. The maximum atomic E-state index is 1.50. The average molecular weight is 162 g/mol. The lowest BCUT2D eigenvalue weighted by atomic mass is 10.4. The number of halogens is 1. The first-order valence-corrected chi connectivity index (χ1v) is 4.26. The zero-order valence-corrected chi connectivity index (χ0v) is 7.24. The molecule has 60 valence electrons. The van der Waals surface area contributed by atoms with E-state index in [1.165, 1.54) is 56.3 Å². The highest BCUT2D eigenvalue weighted by Crippen LogP contribution is 2.25. The standard InChI is InChI=1S/C8H16N.ClH/c1-2-6-9(5-1)7-3-4-8-9;/h1-8H2;1H/q+1;/p-1. The van der Waals surface area contributed by atoms with Crippen LogP contribution in [0, 0.1) is 0 Å². The summed E-state index contributed by atoms with van der Waals surface area (Å²) in [7, 11) is 0. The van der Waals surface area contributed by atoms with E-state index < -0.39 is 0 Å². The van der Waals surface area contributed by atoms with Gasteiger partial charge in [-0.15, -0.1) is 0 Å². The van der Waals surface area contributed by atoms with Crippen molar-refractivity contribution in [1.82, 2.24) is 0 Å². The second kappa shape index (κ2) is 3.10. The van der Waals surface area contributed by atoms with E-state index in [0.717, 1.165) is 0 Å². The Hall–Kier alpha value is 0.250. The molecule has 2 aliphatic rings. The molecule has 2 aliphatic heterocycles. The maximum absolute atomic E-state index is 1.50. The van der Waals surface area contributed by atoms with Gasteiger partial charge < -0.3 is 16.9 Å². The first-order valence-electron chi connectivity index (χ1n) is 4.26. The molecule has 0 aromatic heterocycles. The van der Waals surface area contributed by atoms with Gasteiger partial charge in [-0.1, -0.05) is 0 Å². The van der Waals surface area contributed by atoms with Crippen molar-refractivity contribution in [2.75, 3.05) is 26.2 Å². The summed E-state index contributed by atoms with van der Waals surface area (Å²) in [6, 6.07) is 0. The normalized spacial score (nSPS) is 28.8. The molecule has 0 saturated carbocycles. The molecule has 2 saturated heterocycles. The molecule has 1 nitrogen and oxygen atoms in total. The van der Waals surface area contributed by atoms with Crippen molar-refractivity contribution in [1.29, 1.82) is 0 Å². The van der Waals surface area contributed by atoms with Gasteiger partial charge in [0, 0.05) is 25.7 Å². The lowest BCUT2D eigenvalue weighted by Gasteiger charge is -2.27. The SMILES string of the molecule is C1CC[N+]2(C1)CCCC2.[Cl-]. The third-order valence-corrected chi connectivity index (χ3v) is 3.03. The minimum Gasteiger partial charge on any atom is -1.00 e. The van der Waals surface area contributed by atoms with Crippen LogP contribution in [-0.2, 0) is 0 Å². The first kappa shape index (κ1) is 8.35. The summed E-state index contributed by atoms with van der Waals surface area (Å²) < 4.78 is 1.50. The van der Waals surface area contributed by atoms with Gasteiger partial charge in [0.05, 0.1) is 26.2 Å². The van der Waals surface area contributed by atoms with Crippen molar-refractivity contribution >= 4 is 0 Å².